The van der Waals surface area contributed by atoms with Gasteiger partial charge in [-0.2, -0.15) is 0 Å². The van der Waals surface area contributed by atoms with E-state index in [2.05, 4.69) is 86.1 Å². The fraction of sp³-hybridized carbons (Fsp3) is 0.368. The van der Waals surface area contributed by atoms with E-state index < -0.39 is 0 Å². The summed E-state index contributed by atoms with van der Waals surface area (Å²) in [6, 6.07) is 17.1. The van der Waals surface area contributed by atoms with Crippen molar-refractivity contribution in [3.8, 4) is 11.1 Å². The van der Waals surface area contributed by atoms with E-state index in [0.29, 0.717) is 0 Å². The van der Waals surface area contributed by atoms with Crippen LogP contribution in [0.4, 0.5) is 0 Å². The number of rotatable bonds is 2. The maximum absolute atomic E-state index is 6.38. The van der Waals surface area contributed by atoms with Crippen LogP contribution >= 0.6 is 15.9 Å². The van der Waals surface area contributed by atoms with E-state index >= 15 is 0 Å². The summed E-state index contributed by atoms with van der Waals surface area (Å²) >= 11 is 3.66. The standard InChI is InChI=1S/C19H22BBrO/c1-18(2)13-20(22-19(18,3)4)16-10-15(11-17(21)12-16)14-8-6-5-7-9-14/h5-12H,13H2,1-4H3. The maximum atomic E-state index is 6.38. The molecule has 0 unspecified atom stereocenters. The van der Waals surface area contributed by atoms with Gasteiger partial charge in [-0.1, -0.05) is 72.2 Å². The van der Waals surface area contributed by atoms with Gasteiger partial charge in [-0.3, -0.25) is 0 Å². The minimum atomic E-state index is -0.104. The van der Waals surface area contributed by atoms with Crippen LogP contribution in [0.2, 0.25) is 6.32 Å². The van der Waals surface area contributed by atoms with Crippen LogP contribution in [0, 0.1) is 5.41 Å². The molecule has 2 aromatic rings. The van der Waals surface area contributed by atoms with Crippen molar-refractivity contribution >= 4 is 28.3 Å². The van der Waals surface area contributed by atoms with E-state index in [1.165, 1.54) is 16.6 Å². The van der Waals surface area contributed by atoms with E-state index in [9.17, 15) is 0 Å². The van der Waals surface area contributed by atoms with Crippen molar-refractivity contribution < 1.29 is 4.65 Å². The van der Waals surface area contributed by atoms with Crippen LogP contribution in [0.5, 0.6) is 0 Å². The second-order valence-corrected chi connectivity index (χ2v) is 8.26. The van der Waals surface area contributed by atoms with E-state index in [-0.39, 0.29) is 17.9 Å². The molecule has 0 aromatic heterocycles. The molecule has 3 rings (SSSR count). The monoisotopic (exact) mass is 356 g/mol. The molecular formula is C19H22BBrO. The van der Waals surface area contributed by atoms with Crippen LogP contribution in [0.1, 0.15) is 27.7 Å². The lowest BCUT2D eigenvalue weighted by Crippen LogP contribution is -2.36. The van der Waals surface area contributed by atoms with E-state index in [1.54, 1.807) is 0 Å². The van der Waals surface area contributed by atoms with Gasteiger partial charge in [0.15, 0.2) is 0 Å². The van der Waals surface area contributed by atoms with Gasteiger partial charge in [0.1, 0.15) is 0 Å². The zero-order valence-corrected chi connectivity index (χ0v) is 15.3. The van der Waals surface area contributed by atoms with E-state index in [0.717, 1.165) is 10.8 Å². The summed E-state index contributed by atoms with van der Waals surface area (Å²) in [6.07, 6.45) is 1.05. The minimum absolute atomic E-state index is 0.104. The van der Waals surface area contributed by atoms with Crippen LogP contribution in [0.25, 0.3) is 11.1 Å². The van der Waals surface area contributed by atoms with Gasteiger partial charge < -0.3 is 4.65 Å². The van der Waals surface area contributed by atoms with Gasteiger partial charge in [-0.05, 0) is 48.2 Å². The smallest absolute Gasteiger partial charge is 0.328 e. The van der Waals surface area contributed by atoms with E-state index in [1.807, 2.05) is 6.07 Å². The van der Waals surface area contributed by atoms with Crippen LogP contribution in [-0.2, 0) is 4.65 Å². The van der Waals surface area contributed by atoms with Gasteiger partial charge >= 0.3 is 6.92 Å². The predicted molar refractivity (Wildman–Crippen MR) is 98.7 cm³/mol. The Balaban J connectivity index is 1.98. The Labute approximate surface area is 142 Å². The van der Waals surface area contributed by atoms with Crippen LogP contribution in [-0.4, -0.2) is 12.5 Å². The third-order valence-corrected chi connectivity index (χ3v) is 5.62. The first kappa shape index (κ1) is 15.8. The SMILES string of the molecule is CC1(C)CB(c2cc(Br)cc(-c3ccccc3)c2)OC1(C)C. The summed E-state index contributed by atoms with van der Waals surface area (Å²) in [5.41, 5.74) is 3.80. The molecule has 0 saturated carbocycles. The van der Waals surface area contributed by atoms with Crippen molar-refractivity contribution in [1.29, 1.82) is 0 Å². The quantitative estimate of drug-likeness (QED) is 0.676. The number of hydrogen-bond acceptors (Lipinski definition) is 1. The Morgan fingerprint density at radius 2 is 1.64 bits per heavy atom. The lowest BCUT2D eigenvalue weighted by atomic mass is 9.54. The average molecular weight is 357 g/mol. The summed E-state index contributed by atoms with van der Waals surface area (Å²) in [5.74, 6) is 0. The van der Waals surface area contributed by atoms with Crippen molar-refractivity contribution in [2.24, 2.45) is 5.41 Å². The van der Waals surface area contributed by atoms with Crippen molar-refractivity contribution in [2.75, 3.05) is 0 Å². The van der Waals surface area contributed by atoms with Crippen LogP contribution in [0.15, 0.2) is 53.0 Å². The summed E-state index contributed by atoms with van der Waals surface area (Å²) in [4.78, 5) is 0. The summed E-state index contributed by atoms with van der Waals surface area (Å²) in [5, 5.41) is 0. The predicted octanol–water partition coefficient (Wildman–Crippen LogP) is 5.15. The minimum Gasteiger partial charge on any atom is -0.426 e. The first-order valence-corrected chi connectivity index (χ1v) is 8.62. The molecule has 1 heterocycles. The van der Waals surface area contributed by atoms with Gasteiger partial charge in [-0.25, -0.2) is 0 Å². The van der Waals surface area contributed by atoms with Crippen molar-refractivity contribution in [1.82, 2.24) is 0 Å². The zero-order chi connectivity index (χ0) is 16.0. The Kier molecular flexibility index (Phi) is 3.99. The molecule has 2 aromatic carbocycles. The lowest BCUT2D eigenvalue weighted by Gasteiger charge is -2.34. The van der Waals surface area contributed by atoms with Crippen molar-refractivity contribution in [2.45, 2.75) is 39.6 Å². The largest absolute Gasteiger partial charge is 0.426 e. The number of halogens is 1. The normalized spacial score (nSPS) is 19.4. The molecule has 0 amide bonds. The lowest BCUT2D eigenvalue weighted by molar-refractivity contribution is 0.0375. The fourth-order valence-corrected chi connectivity index (χ4v) is 3.56. The highest BCUT2D eigenvalue weighted by Crippen LogP contribution is 2.45. The second kappa shape index (κ2) is 5.54. The molecule has 1 fully saturated rings. The molecule has 1 aliphatic heterocycles. The van der Waals surface area contributed by atoms with Crippen LogP contribution < -0.4 is 5.46 Å². The van der Waals surface area contributed by atoms with E-state index in [4.69, 9.17) is 4.65 Å². The average Bonchev–Trinajstić information content (AvgIpc) is 2.68. The highest BCUT2D eigenvalue weighted by atomic mass is 79.9. The van der Waals surface area contributed by atoms with Crippen molar-refractivity contribution in [3.05, 3.63) is 53.0 Å². The van der Waals surface area contributed by atoms with Crippen LogP contribution in [0.3, 0.4) is 0 Å². The topological polar surface area (TPSA) is 9.23 Å². The molecule has 22 heavy (non-hydrogen) atoms. The highest BCUT2D eigenvalue weighted by Gasteiger charge is 2.49. The number of benzene rings is 2. The Morgan fingerprint density at radius 3 is 2.23 bits per heavy atom. The molecule has 0 bridgehead atoms. The first-order valence-electron chi connectivity index (χ1n) is 7.82. The van der Waals surface area contributed by atoms with Gasteiger partial charge in [-0.15, -0.1) is 0 Å². The Hall–Kier alpha value is -1.06. The molecule has 0 N–H and O–H groups in total. The molecule has 1 nitrogen and oxygen atoms in total. The van der Waals surface area contributed by atoms with Gasteiger partial charge in [0.05, 0.1) is 5.60 Å². The molecule has 1 saturated heterocycles. The molecule has 0 aliphatic carbocycles. The summed E-state index contributed by atoms with van der Waals surface area (Å²) < 4.78 is 7.48. The third-order valence-electron chi connectivity index (χ3n) is 5.16. The Morgan fingerprint density at radius 1 is 0.955 bits per heavy atom. The Bertz CT molecular complexity index is 663. The zero-order valence-electron chi connectivity index (χ0n) is 13.7. The molecule has 3 heteroatoms. The first-order chi connectivity index (χ1) is 10.3. The molecule has 0 atom stereocenters. The molecule has 0 radical (unpaired) electrons. The molecule has 0 spiro atoms. The molecular weight excluding hydrogens is 335 g/mol. The summed E-state index contributed by atoms with van der Waals surface area (Å²) in [7, 11) is 0. The highest BCUT2D eigenvalue weighted by molar-refractivity contribution is 9.10. The maximum Gasteiger partial charge on any atom is 0.328 e. The molecule has 114 valence electrons. The van der Waals surface area contributed by atoms with Crippen molar-refractivity contribution in [3.63, 3.8) is 0 Å². The van der Waals surface area contributed by atoms with Gasteiger partial charge in [0.2, 0.25) is 0 Å². The third kappa shape index (κ3) is 2.89. The fourth-order valence-electron chi connectivity index (χ4n) is 3.05. The summed E-state index contributed by atoms with van der Waals surface area (Å²) in [6.45, 7) is 9.14. The van der Waals surface area contributed by atoms with Gasteiger partial charge in [0.25, 0.3) is 0 Å². The second-order valence-electron chi connectivity index (χ2n) is 7.34. The van der Waals surface area contributed by atoms with Gasteiger partial charge in [0, 0.05) is 4.47 Å². The number of hydrogen-bond donors (Lipinski definition) is 0. The molecule has 1 aliphatic rings.